The van der Waals surface area contributed by atoms with Crippen LogP contribution in [0.5, 0.6) is 0 Å². The Morgan fingerprint density at radius 2 is 1.02 bits per heavy atom. The summed E-state index contributed by atoms with van der Waals surface area (Å²) in [5.74, 6) is 0. The van der Waals surface area contributed by atoms with E-state index < -0.39 is 7.14 Å². The van der Waals surface area contributed by atoms with Gasteiger partial charge in [-0.2, -0.15) is 0 Å². The Labute approximate surface area is 244 Å². The van der Waals surface area contributed by atoms with Crippen molar-refractivity contribution in [1.29, 1.82) is 0 Å². The predicted octanol–water partition coefficient (Wildman–Crippen LogP) is 9.00. The summed E-state index contributed by atoms with van der Waals surface area (Å²) in [7, 11) is -3.17. The third kappa shape index (κ3) is 3.80. The van der Waals surface area contributed by atoms with Crippen LogP contribution in [-0.2, 0) is 4.57 Å². The lowest BCUT2D eigenvalue weighted by Gasteiger charge is -2.20. The molecule has 0 fully saturated rings. The minimum Gasteiger partial charge on any atom is -0.307 e. The predicted molar refractivity (Wildman–Crippen MR) is 179 cm³/mol. The van der Waals surface area contributed by atoms with Crippen molar-refractivity contribution in [3.8, 4) is 11.1 Å². The molecule has 1 aromatic heterocycles. The van der Waals surface area contributed by atoms with Gasteiger partial charge >= 0.3 is 0 Å². The summed E-state index contributed by atoms with van der Waals surface area (Å²) in [4.78, 5) is 4.97. The first-order valence-corrected chi connectivity index (χ1v) is 15.9. The Kier molecular flexibility index (Phi) is 5.77. The van der Waals surface area contributed by atoms with Crippen LogP contribution < -0.4 is 16.0 Å². The molecule has 3 heteroatoms. The molecular formula is C39H26NOP. The van der Waals surface area contributed by atoms with E-state index in [1.54, 1.807) is 0 Å². The molecule has 8 rings (SSSR count). The van der Waals surface area contributed by atoms with E-state index in [1.165, 1.54) is 43.1 Å². The Balaban J connectivity index is 1.42. The van der Waals surface area contributed by atoms with Gasteiger partial charge in [-0.05, 0) is 60.8 Å². The van der Waals surface area contributed by atoms with E-state index in [2.05, 4.69) is 84.9 Å². The quantitative estimate of drug-likeness (QED) is 0.123. The largest absolute Gasteiger partial charge is 0.307 e. The topological polar surface area (TPSA) is 30.0 Å². The molecule has 0 radical (unpaired) electrons. The van der Waals surface area contributed by atoms with Gasteiger partial charge in [-0.15, -0.1) is 0 Å². The second-order valence-electron chi connectivity index (χ2n) is 10.7. The SMILES string of the molecule is O=P(c1ccccc1)(c1ccccc1)c1ccc(-c2c3ccc4ccccc4c3cc3ccc4ccccc4c23)cn1. The summed E-state index contributed by atoms with van der Waals surface area (Å²) in [5, 5.41) is 11.2. The summed E-state index contributed by atoms with van der Waals surface area (Å²) >= 11 is 0. The van der Waals surface area contributed by atoms with Crippen molar-refractivity contribution < 1.29 is 4.57 Å². The van der Waals surface area contributed by atoms with Crippen LogP contribution in [0.2, 0.25) is 0 Å². The van der Waals surface area contributed by atoms with Crippen molar-refractivity contribution >= 4 is 66.3 Å². The highest BCUT2D eigenvalue weighted by atomic mass is 31.2. The molecule has 0 amide bonds. The lowest BCUT2D eigenvalue weighted by atomic mass is 9.88. The van der Waals surface area contributed by atoms with Gasteiger partial charge in [0.15, 0.2) is 7.14 Å². The molecule has 0 N–H and O–H groups in total. The van der Waals surface area contributed by atoms with Crippen LogP contribution >= 0.6 is 7.14 Å². The fraction of sp³-hybridized carbons (Fsp3) is 0. The zero-order valence-corrected chi connectivity index (χ0v) is 23.7. The second kappa shape index (κ2) is 9.80. The minimum absolute atomic E-state index is 0.587. The van der Waals surface area contributed by atoms with Crippen LogP contribution in [-0.4, -0.2) is 4.98 Å². The number of benzene rings is 7. The maximum Gasteiger partial charge on any atom is 0.188 e. The van der Waals surface area contributed by atoms with Crippen molar-refractivity contribution in [2.45, 2.75) is 0 Å². The maximum atomic E-state index is 14.9. The zero-order valence-electron chi connectivity index (χ0n) is 22.8. The van der Waals surface area contributed by atoms with E-state index >= 15 is 0 Å². The van der Waals surface area contributed by atoms with Gasteiger partial charge in [0, 0.05) is 22.4 Å². The smallest absolute Gasteiger partial charge is 0.188 e. The number of rotatable bonds is 4. The first-order chi connectivity index (χ1) is 20.7. The summed E-state index contributed by atoms with van der Waals surface area (Å²) in [5.41, 5.74) is 2.75. The monoisotopic (exact) mass is 555 g/mol. The average Bonchev–Trinajstić information content (AvgIpc) is 3.07. The maximum absolute atomic E-state index is 14.9. The van der Waals surface area contributed by atoms with Crippen molar-refractivity contribution in [3.05, 3.63) is 158 Å². The summed E-state index contributed by atoms with van der Waals surface area (Å²) < 4.78 is 14.9. The highest BCUT2D eigenvalue weighted by molar-refractivity contribution is 7.85. The summed E-state index contributed by atoms with van der Waals surface area (Å²) in [6.07, 6.45) is 1.92. The first-order valence-electron chi connectivity index (χ1n) is 14.2. The number of nitrogens with zero attached hydrogens (tertiary/aromatic N) is 1. The Hall–Kier alpha value is -5.04. The lowest BCUT2D eigenvalue weighted by Crippen LogP contribution is -2.26. The standard InChI is InChI=1S/C39H26NOP/c41-42(31-13-3-1-4-14-31,32-15-5-2-6-16-32)37-24-22-30(26-40-37)39-35-23-21-27-11-7-9-17-33(27)36(35)25-29-20-19-28-12-8-10-18-34(28)38(29)39/h1-26H. The van der Waals surface area contributed by atoms with Gasteiger partial charge in [-0.1, -0.05) is 140 Å². The molecule has 0 spiro atoms. The number of aromatic nitrogens is 1. The molecule has 0 aliphatic carbocycles. The van der Waals surface area contributed by atoms with Gasteiger partial charge in [0.25, 0.3) is 0 Å². The van der Waals surface area contributed by atoms with Crippen molar-refractivity contribution in [2.24, 2.45) is 0 Å². The fourth-order valence-corrected chi connectivity index (χ4v) is 8.87. The van der Waals surface area contributed by atoms with Gasteiger partial charge in [0.1, 0.15) is 5.44 Å². The first kappa shape index (κ1) is 24.7. The molecule has 0 atom stereocenters. The molecule has 2 nitrogen and oxygen atoms in total. The third-order valence-electron chi connectivity index (χ3n) is 8.35. The number of fused-ring (bicyclic) bond motifs is 6. The molecule has 7 aromatic carbocycles. The fourth-order valence-electron chi connectivity index (χ4n) is 6.36. The Morgan fingerprint density at radius 3 is 1.69 bits per heavy atom. The molecule has 1 heterocycles. The molecule has 0 aliphatic heterocycles. The zero-order chi connectivity index (χ0) is 28.1. The minimum atomic E-state index is -3.17. The van der Waals surface area contributed by atoms with Crippen molar-refractivity contribution in [3.63, 3.8) is 0 Å². The molecule has 0 saturated heterocycles. The average molecular weight is 556 g/mol. The number of hydrogen-bond donors (Lipinski definition) is 0. The highest BCUT2D eigenvalue weighted by Crippen LogP contribution is 2.44. The van der Waals surface area contributed by atoms with Gasteiger partial charge < -0.3 is 4.57 Å². The molecular weight excluding hydrogens is 529 g/mol. The van der Waals surface area contributed by atoms with Crippen LogP contribution in [0.1, 0.15) is 0 Å². The van der Waals surface area contributed by atoms with E-state index in [0.717, 1.165) is 21.7 Å². The number of hydrogen-bond acceptors (Lipinski definition) is 2. The summed E-state index contributed by atoms with van der Waals surface area (Å²) in [6, 6.07) is 51.8. The van der Waals surface area contributed by atoms with Gasteiger partial charge in [-0.3, -0.25) is 4.98 Å². The van der Waals surface area contributed by atoms with Crippen LogP contribution in [0.4, 0.5) is 0 Å². The van der Waals surface area contributed by atoms with E-state index in [1.807, 2.05) is 72.9 Å². The highest BCUT2D eigenvalue weighted by Gasteiger charge is 2.31. The molecule has 8 aromatic rings. The molecule has 0 bridgehead atoms. The van der Waals surface area contributed by atoms with E-state index in [-0.39, 0.29) is 0 Å². The molecule has 0 saturated carbocycles. The van der Waals surface area contributed by atoms with Gasteiger partial charge in [0.05, 0.1) is 0 Å². The normalized spacial score (nSPS) is 11.9. The lowest BCUT2D eigenvalue weighted by molar-refractivity contribution is 0.592. The molecule has 198 valence electrons. The van der Waals surface area contributed by atoms with Crippen molar-refractivity contribution in [1.82, 2.24) is 4.98 Å². The van der Waals surface area contributed by atoms with Crippen LogP contribution in [0.25, 0.3) is 54.2 Å². The molecule has 0 unspecified atom stereocenters. The molecule has 0 aliphatic rings. The third-order valence-corrected chi connectivity index (χ3v) is 11.3. The second-order valence-corrected chi connectivity index (χ2v) is 13.4. The van der Waals surface area contributed by atoms with E-state index in [4.69, 9.17) is 4.98 Å². The molecule has 42 heavy (non-hydrogen) atoms. The van der Waals surface area contributed by atoms with Crippen molar-refractivity contribution in [2.75, 3.05) is 0 Å². The van der Waals surface area contributed by atoms with Crippen LogP contribution in [0.3, 0.4) is 0 Å². The van der Waals surface area contributed by atoms with E-state index in [9.17, 15) is 4.57 Å². The summed E-state index contributed by atoms with van der Waals surface area (Å²) in [6.45, 7) is 0. The van der Waals surface area contributed by atoms with Gasteiger partial charge in [0.2, 0.25) is 0 Å². The van der Waals surface area contributed by atoms with Crippen LogP contribution in [0.15, 0.2) is 158 Å². The Bertz CT molecular complexity index is 2270. The van der Waals surface area contributed by atoms with Crippen LogP contribution in [0, 0.1) is 0 Å². The van der Waals surface area contributed by atoms with Gasteiger partial charge in [-0.25, -0.2) is 0 Å². The number of pyridine rings is 1. The Morgan fingerprint density at radius 1 is 0.452 bits per heavy atom. The van der Waals surface area contributed by atoms with E-state index in [0.29, 0.717) is 5.44 Å².